The fraction of sp³-hybridized carbons (Fsp3) is 0.480. The third-order valence-electron chi connectivity index (χ3n) is 6.95. The van der Waals surface area contributed by atoms with E-state index in [1.54, 1.807) is 30.7 Å². The van der Waals surface area contributed by atoms with Gasteiger partial charge >= 0.3 is 0 Å². The van der Waals surface area contributed by atoms with Crippen LogP contribution in [0.1, 0.15) is 47.7 Å². The maximum Gasteiger partial charge on any atom is 0.280 e. The molecule has 0 unspecified atom stereocenters. The summed E-state index contributed by atoms with van der Waals surface area (Å²) in [6.07, 6.45) is 8.79. The SMILES string of the molecule is CCOc1cncc(-c2cnc(C(=O)N[C@H](CN3C[C@@H]4C[C@H]3CO4)c3cc(NS(=O)(=O)C4CC4)ccn3)s2)n1. The molecule has 1 aliphatic carbocycles. The number of hydrogen-bond acceptors (Lipinski definition) is 11. The van der Waals surface area contributed by atoms with Crippen molar-refractivity contribution in [3.63, 3.8) is 0 Å². The predicted octanol–water partition coefficient (Wildman–Crippen LogP) is 2.24. The first-order valence-electron chi connectivity index (χ1n) is 12.9. The molecule has 2 N–H and O–H groups in total. The highest BCUT2D eigenvalue weighted by molar-refractivity contribution is 7.93. The number of aromatic nitrogens is 4. The number of carbonyl (C=O) groups is 1. The van der Waals surface area contributed by atoms with Crippen molar-refractivity contribution >= 4 is 33.0 Å². The van der Waals surface area contributed by atoms with Crippen molar-refractivity contribution in [3.05, 3.63) is 47.6 Å². The summed E-state index contributed by atoms with van der Waals surface area (Å²) in [6.45, 7) is 4.30. The van der Waals surface area contributed by atoms with Crippen LogP contribution < -0.4 is 14.8 Å². The fourth-order valence-corrected chi connectivity index (χ4v) is 7.03. The van der Waals surface area contributed by atoms with Gasteiger partial charge in [-0.05, 0) is 38.3 Å². The normalized spacial score (nSPS) is 21.6. The number of fused-ring (bicyclic) bond motifs is 2. The van der Waals surface area contributed by atoms with Crippen LogP contribution in [0.15, 0.2) is 36.9 Å². The summed E-state index contributed by atoms with van der Waals surface area (Å²) in [5.41, 5.74) is 1.57. The molecule has 14 heteroatoms. The number of pyridine rings is 1. The van der Waals surface area contributed by atoms with Crippen LogP contribution in [0.25, 0.3) is 10.6 Å². The minimum atomic E-state index is -3.43. The molecule has 2 saturated heterocycles. The van der Waals surface area contributed by atoms with Gasteiger partial charge in [0.25, 0.3) is 5.91 Å². The molecule has 2 aliphatic heterocycles. The van der Waals surface area contributed by atoms with Crippen LogP contribution in [0.5, 0.6) is 5.88 Å². The van der Waals surface area contributed by atoms with Crippen LogP contribution >= 0.6 is 11.3 Å². The summed E-state index contributed by atoms with van der Waals surface area (Å²) in [4.78, 5) is 33.8. The van der Waals surface area contributed by atoms with Gasteiger partial charge in [0.2, 0.25) is 15.9 Å². The Kier molecular flexibility index (Phi) is 7.18. The van der Waals surface area contributed by atoms with Crippen LogP contribution in [-0.4, -0.2) is 82.9 Å². The van der Waals surface area contributed by atoms with Crippen LogP contribution in [-0.2, 0) is 14.8 Å². The molecule has 3 aromatic rings. The highest BCUT2D eigenvalue weighted by Gasteiger charge is 2.40. The van der Waals surface area contributed by atoms with Crippen LogP contribution in [0.2, 0.25) is 0 Å². The minimum Gasteiger partial charge on any atom is -0.477 e. The van der Waals surface area contributed by atoms with E-state index in [0.29, 0.717) is 60.4 Å². The number of carbonyl (C=O) groups excluding carboxylic acids is 1. The highest BCUT2D eigenvalue weighted by Crippen LogP contribution is 2.32. The van der Waals surface area contributed by atoms with E-state index in [4.69, 9.17) is 9.47 Å². The van der Waals surface area contributed by atoms with E-state index in [1.165, 1.54) is 17.5 Å². The lowest BCUT2D eigenvalue weighted by atomic mass is 10.1. The summed E-state index contributed by atoms with van der Waals surface area (Å²) in [5, 5.41) is 3.01. The number of anilines is 1. The number of morpholine rings is 1. The van der Waals surface area contributed by atoms with E-state index in [1.807, 2.05) is 6.92 Å². The van der Waals surface area contributed by atoms with Crippen molar-refractivity contribution in [2.24, 2.45) is 0 Å². The lowest BCUT2D eigenvalue weighted by Gasteiger charge is -2.30. The summed E-state index contributed by atoms with van der Waals surface area (Å²) < 4.78 is 38.8. The minimum absolute atomic E-state index is 0.200. The maximum atomic E-state index is 13.4. The molecule has 0 radical (unpaired) electrons. The van der Waals surface area contributed by atoms with Gasteiger partial charge in [0.15, 0.2) is 5.01 Å². The van der Waals surface area contributed by atoms with Gasteiger partial charge in [-0.1, -0.05) is 0 Å². The zero-order valence-electron chi connectivity index (χ0n) is 21.3. The molecule has 3 aromatic heterocycles. The molecule has 12 nitrogen and oxygen atoms in total. The number of nitrogens with one attached hydrogen (secondary N) is 2. The van der Waals surface area contributed by atoms with Gasteiger partial charge in [-0.2, -0.15) is 0 Å². The second kappa shape index (κ2) is 10.8. The Morgan fingerprint density at radius 3 is 2.90 bits per heavy atom. The van der Waals surface area contributed by atoms with Crippen LogP contribution in [0.3, 0.4) is 0 Å². The van der Waals surface area contributed by atoms with Gasteiger partial charge < -0.3 is 14.8 Å². The molecule has 0 spiro atoms. The molecule has 6 rings (SSSR count). The van der Waals surface area contributed by atoms with Gasteiger partial charge in [-0.15, -0.1) is 11.3 Å². The standard InChI is InChI=1S/C25H29N7O5S2/c1-2-36-23-11-26-9-20(29-23)22-10-28-25(38-22)24(33)30-21(13-32-12-17-8-16(32)14-37-17)19-7-15(5-6-27-19)31-39(34,35)18-3-4-18/h5-7,9-11,16-18,21H,2-4,8,12-14H2,1H3,(H,27,31)(H,30,33)/t16-,17-,21+/m0/s1. The smallest absolute Gasteiger partial charge is 0.280 e. The Bertz CT molecular complexity index is 1460. The quantitative estimate of drug-likeness (QED) is 0.351. The number of likely N-dealkylation sites (tertiary alicyclic amines) is 1. The third-order valence-corrected chi connectivity index (χ3v) is 9.84. The molecular formula is C25H29N7O5S2. The van der Waals surface area contributed by atoms with Crippen molar-refractivity contribution in [2.45, 2.75) is 49.6 Å². The summed E-state index contributed by atoms with van der Waals surface area (Å²) in [5.74, 6) is 0.0539. The second-order valence-electron chi connectivity index (χ2n) is 9.85. The van der Waals surface area contributed by atoms with Crippen molar-refractivity contribution in [2.75, 3.05) is 31.0 Å². The molecule has 3 fully saturated rings. The van der Waals surface area contributed by atoms with Crippen molar-refractivity contribution in [1.29, 1.82) is 0 Å². The van der Waals surface area contributed by atoms with E-state index in [-0.39, 0.29) is 28.3 Å². The molecule has 3 aliphatic rings. The second-order valence-corrected chi connectivity index (χ2v) is 12.8. The lowest BCUT2D eigenvalue weighted by molar-refractivity contribution is 0.0265. The van der Waals surface area contributed by atoms with E-state index >= 15 is 0 Å². The Labute approximate surface area is 230 Å². The van der Waals surface area contributed by atoms with Crippen molar-refractivity contribution < 1.29 is 22.7 Å². The number of nitrogens with zero attached hydrogens (tertiary/aromatic N) is 5. The number of sulfonamides is 1. The topological polar surface area (TPSA) is 149 Å². The van der Waals surface area contributed by atoms with E-state index < -0.39 is 16.1 Å². The number of amides is 1. The molecule has 0 aromatic carbocycles. The lowest BCUT2D eigenvalue weighted by Crippen LogP contribution is -2.44. The Morgan fingerprint density at radius 2 is 2.15 bits per heavy atom. The zero-order chi connectivity index (χ0) is 27.0. The Morgan fingerprint density at radius 1 is 1.28 bits per heavy atom. The third kappa shape index (κ3) is 5.88. The van der Waals surface area contributed by atoms with Crippen LogP contribution in [0.4, 0.5) is 5.69 Å². The van der Waals surface area contributed by atoms with Gasteiger partial charge in [-0.3, -0.25) is 24.4 Å². The number of hydrogen-bond donors (Lipinski definition) is 2. The van der Waals surface area contributed by atoms with Crippen LogP contribution in [0, 0.1) is 0 Å². The van der Waals surface area contributed by atoms with Gasteiger partial charge in [-0.25, -0.2) is 18.4 Å². The number of rotatable bonds is 11. The van der Waals surface area contributed by atoms with E-state index in [2.05, 4.69) is 34.9 Å². The first kappa shape index (κ1) is 26.0. The number of thiazole rings is 1. The first-order valence-corrected chi connectivity index (χ1v) is 15.3. The van der Waals surface area contributed by atoms with Gasteiger partial charge in [0.1, 0.15) is 5.69 Å². The molecule has 39 heavy (non-hydrogen) atoms. The molecule has 1 amide bonds. The van der Waals surface area contributed by atoms with Gasteiger partial charge in [0.05, 0.1) is 59.3 Å². The van der Waals surface area contributed by atoms with Gasteiger partial charge in [0, 0.05) is 31.5 Å². The Hall–Kier alpha value is -3.20. The number of ether oxygens (including phenoxy) is 2. The molecule has 2 bridgehead atoms. The summed E-state index contributed by atoms with van der Waals surface area (Å²) >= 11 is 1.21. The highest BCUT2D eigenvalue weighted by atomic mass is 32.2. The average Bonchev–Trinajstić information content (AvgIpc) is 3.34. The summed E-state index contributed by atoms with van der Waals surface area (Å²) in [6, 6.07) is 3.11. The van der Waals surface area contributed by atoms with Crippen molar-refractivity contribution in [1.82, 2.24) is 30.2 Å². The molecule has 3 atom stereocenters. The monoisotopic (exact) mass is 571 g/mol. The first-order chi connectivity index (χ1) is 18.9. The Balaban J connectivity index is 1.22. The predicted molar refractivity (Wildman–Crippen MR) is 144 cm³/mol. The van der Waals surface area contributed by atoms with E-state index in [9.17, 15) is 13.2 Å². The largest absolute Gasteiger partial charge is 0.477 e. The zero-order valence-corrected chi connectivity index (χ0v) is 23.0. The molecule has 1 saturated carbocycles. The average molecular weight is 572 g/mol. The maximum absolute atomic E-state index is 13.4. The van der Waals surface area contributed by atoms with E-state index in [0.717, 1.165) is 13.0 Å². The summed E-state index contributed by atoms with van der Waals surface area (Å²) in [7, 11) is -3.43. The van der Waals surface area contributed by atoms with Crippen molar-refractivity contribution in [3.8, 4) is 16.5 Å². The fourth-order valence-electron chi connectivity index (χ4n) is 4.88. The molecule has 5 heterocycles. The molecular weight excluding hydrogens is 542 g/mol. The molecule has 206 valence electrons.